The maximum atomic E-state index is 14.1. The predicted octanol–water partition coefficient (Wildman–Crippen LogP) is 4.42. The van der Waals surface area contributed by atoms with Crippen molar-refractivity contribution in [3.05, 3.63) is 107 Å². The minimum absolute atomic E-state index is 0.0506. The van der Waals surface area contributed by atoms with Gasteiger partial charge in [-0.25, -0.2) is 0 Å². The van der Waals surface area contributed by atoms with Crippen molar-refractivity contribution in [3.63, 3.8) is 0 Å². The number of fused-ring (bicyclic) bond motifs is 2. The van der Waals surface area contributed by atoms with E-state index in [9.17, 15) is 9.59 Å². The van der Waals surface area contributed by atoms with Gasteiger partial charge in [-0.1, -0.05) is 66.7 Å². The molecule has 0 saturated carbocycles. The molecule has 8 heteroatoms. The number of piperazine rings is 1. The predicted molar refractivity (Wildman–Crippen MR) is 169 cm³/mol. The van der Waals surface area contributed by atoms with E-state index in [4.69, 9.17) is 4.74 Å². The number of ether oxygens (including phenoxy) is 1. The van der Waals surface area contributed by atoms with Crippen molar-refractivity contribution in [3.8, 4) is 0 Å². The molecule has 0 unspecified atom stereocenters. The van der Waals surface area contributed by atoms with Gasteiger partial charge in [-0.3, -0.25) is 14.5 Å². The molecule has 2 amide bonds. The number of amides is 2. The van der Waals surface area contributed by atoms with Crippen LogP contribution >= 0.6 is 0 Å². The van der Waals surface area contributed by atoms with Crippen molar-refractivity contribution < 1.29 is 14.3 Å². The Bertz CT molecular complexity index is 1530. The maximum Gasteiger partial charge on any atom is 0.254 e. The lowest BCUT2D eigenvalue weighted by molar-refractivity contribution is -0.124. The van der Waals surface area contributed by atoms with Crippen LogP contribution in [0.2, 0.25) is 0 Å². The van der Waals surface area contributed by atoms with Crippen molar-refractivity contribution in [2.75, 3.05) is 59.5 Å². The molecule has 3 aromatic carbocycles. The summed E-state index contributed by atoms with van der Waals surface area (Å²) in [6.45, 7) is 7.50. The van der Waals surface area contributed by atoms with Crippen LogP contribution in [0.1, 0.15) is 45.4 Å². The lowest BCUT2D eigenvalue weighted by Crippen LogP contribution is -2.49. The first-order valence-electron chi connectivity index (χ1n) is 15.3. The van der Waals surface area contributed by atoms with Crippen LogP contribution in [0.15, 0.2) is 85.1 Å². The van der Waals surface area contributed by atoms with Crippen LogP contribution < -0.4 is 5.32 Å². The zero-order valence-corrected chi connectivity index (χ0v) is 24.9. The molecule has 2 aliphatic rings. The number of nitrogens with one attached hydrogen (secondary N) is 2. The Kier molecular flexibility index (Phi) is 9.17. The number of carbonyl (C=O) groups excluding carboxylic acids is 2. The summed E-state index contributed by atoms with van der Waals surface area (Å²) in [5.74, 6) is -0.657. The Hall–Kier alpha value is -3.98. The second-order valence-electron chi connectivity index (χ2n) is 11.5. The Balaban J connectivity index is 1.14. The quantitative estimate of drug-likeness (QED) is 0.257. The molecule has 3 heterocycles. The van der Waals surface area contributed by atoms with Gasteiger partial charge in [-0.15, -0.1) is 0 Å². The van der Waals surface area contributed by atoms with Gasteiger partial charge >= 0.3 is 0 Å². The molecule has 224 valence electrons. The third kappa shape index (κ3) is 6.37. The highest BCUT2D eigenvalue weighted by molar-refractivity contribution is 6.02. The summed E-state index contributed by atoms with van der Waals surface area (Å²) >= 11 is 0. The van der Waals surface area contributed by atoms with Gasteiger partial charge in [-0.2, -0.15) is 0 Å². The van der Waals surface area contributed by atoms with Gasteiger partial charge in [0.05, 0.1) is 18.6 Å². The van der Waals surface area contributed by atoms with Gasteiger partial charge in [0.1, 0.15) is 0 Å². The Morgan fingerprint density at radius 2 is 1.60 bits per heavy atom. The lowest BCUT2D eigenvalue weighted by atomic mass is 9.79. The van der Waals surface area contributed by atoms with Crippen LogP contribution in [-0.2, 0) is 16.1 Å². The standard InChI is InChI=1S/C35H41N5O3/c1-43-23-22-40-33(30-24-37-31-15-8-7-12-27(30)31)32(28-13-5-6-14-29(28)35(40)42)34(41)36-16-9-17-38-18-20-39(21-19-38)25-26-10-3-2-4-11-26/h2-8,10-15,24,32-33,37H,9,16-23,25H2,1H3,(H,36,41)/t32-,33-/m0/s1. The van der Waals surface area contributed by atoms with E-state index in [0.29, 0.717) is 25.3 Å². The number of benzene rings is 3. The first-order valence-corrected chi connectivity index (χ1v) is 15.3. The molecular formula is C35H41N5O3. The van der Waals surface area contributed by atoms with Crippen LogP contribution in [0.4, 0.5) is 0 Å². The molecule has 1 fully saturated rings. The highest BCUT2D eigenvalue weighted by Gasteiger charge is 2.44. The fraction of sp³-hybridized carbons (Fsp3) is 0.371. The van der Waals surface area contributed by atoms with E-state index in [1.165, 1.54) is 5.56 Å². The summed E-state index contributed by atoms with van der Waals surface area (Å²) in [6, 6.07) is 25.8. The second-order valence-corrected chi connectivity index (χ2v) is 11.5. The normalized spacial score (nSPS) is 19.5. The number of nitrogens with zero attached hydrogens (tertiary/aromatic N) is 3. The fourth-order valence-electron chi connectivity index (χ4n) is 6.63. The lowest BCUT2D eigenvalue weighted by Gasteiger charge is -2.41. The van der Waals surface area contributed by atoms with E-state index in [-0.39, 0.29) is 11.8 Å². The molecule has 2 N–H and O–H groups in total. The topological polar surface area (TPSA) is 80.9 Å². The first-order chi connectivity index (χ1) is 21.1. The van der Waals surface area contributed by atoms with Gasteiger partial charge < -0.3 is 24.8 Å². The number of hydrogen-bond acceptors (Lipinski definition) is 5. The van der Waals surface area contributed by atoms with Crippen LogP contribution in [0, 0.1) is 0 Å². The van der Waals surface area contributed by atoms with Crippen molar-refractivity contribution in [2.45, 2.75) is 24.9 Å². The number of methoxy groups -OCH3 is 1. The third-order valence-corrected chi connectivity index (χ3v) is 8.86. The Morgan fingerprint density at radius 1 is 0.884 bits per heavy atom. The zero-order valence-electron chi connectivity index (χ0n) is 24.9. The van der Waals surface area contributed by atoms with Crippen LogP contribution in [-0.4, -0.2) is 91.0 Å². The number of aromatic amines is 1. The van der Waals surface area contributed by atoms with Gasteiger partial charge in [0.15, 0.2) is 0 Å². The van der Waals surface area contributed by atoms with Crippen LogP contribution in [0.25, 0.3) is 10.9 Å². The molecular weight excluding hydrogens is 538 g/mol. The van der Waals surface area contributed by atoms with E-state index in [1.54, 1.807) is 7.11 Å². The average Bonchev–Trinajstić information content (AvgIpc) is 3.47. The molecule has 6 rings (SSSR count). The highest BCUT2D eigenvalue weighted by Crippen LogP contribution is 2.44. The fourth-order valence-corrected chi connectivity index (χ4v) is 6.63. The molecule has 1 saturated heterocycles. The zero-order chi connectivity index (χ0) is 29.6. The number of rotatable bonds is 11. The van der Waals surface area contributed by atoms with E-state index >= 15 is 0 Å². The second kappa shape index (κ2) is 13.5. The summed E-state index contributed by atoms with van der Waals surface area (Å²) < 4.78 is 5.39. The molecule has 8 nitrogen and oxygen atoms in total. The number of aromatic nitrogens is 1. The van der Waals surface area contributed by atoms with Gasteiger partial charge in [-0.05, 0) is 36.2 Å². The van der Waals surface area contributed by atoms with Crippen molar-refractivity contribution in [1.82, 2.24) is 25.0 Å². The van der Waals surface area contributed by atoms with E-state index in [2.05, 4.69) is 56.5 Å². The molecule has 0 spiro atoms. The van der Waals surface area contributed by atoms with Crippen molar-refractivity contribution in [1.29, 1.82) is 0 Å². The Morgan fingerprint density at radius 3 is 2.42 bits per heavy atom. The van der Waals surface area contributed by atoms with Crippen LogP contribution in [0.3, 0.4) is 0 Å². The van der Waals surface area contributed by atoms with Crippen LogP contribution in [0.5, 0.6) is 0 Å². The number of H-pyrrole nitrogens is 1. The molecule has 43 heavy (non-hydrogen) atoms. The molecule has 0 bridgehead atoms. The summed E-state index contributed by atoms with van der Waals surface area (Å²) in [6.07, 6.45) is 2.83. The van der Waals surface area contributed by atoms with Crippen molar-refractivity contribution in [2.24, 2.45) is 0 Å². The summed E-state index contributed by atoms with van der Waals surface area (Å²) in [7, 11) is 1.64. The summed E-state index contributed by atoms with van der Waals surface area (Å²) in [5, 5.41) is 4.27. The van der Waals surface area contributed by atoms with Crippen molar-refractivity contribution >= 4 is 22.7 Å². The maximum absolute atomic E-state index is 14.1. The molecule has 2 aliphatic heterocycles. The summed E-state index contributed by atoms with van der Waals surface area (Å²) in [5.41, 5.74) is 4.66. The minimum Gasteiger partial charge on any atom is -0.383 e. The van der Waals surface area contributed by atoms with Gasteiger partial charge in [0, 0.05) is 81.1 Å². The van der Waals surface area contributed by atoms with Gasteiger partial charge in [0.25, 0.3) is 5.91 Å². The smallest absolute Gasteiger partial charge is 0.254 e. The number of carbonyl (C=O) groups is 2. The van der Waals surface area contributed by atoms with E-state index in [0.717, 1.165) is 67.7 Å². The molecule has 4 aromatic rings. The highest BCUT2D eigenvalue weighted by atomic mass is 16.5. The molecule has 2 atom stereocenters. The largest absolute Gasteiger partial charge is 0.383 e. The number of para-hydroxylation sites is 1. The van der Waals surface area contributed by atoms with E-state index < -0.39 is 12.0 Å². The number of hydrogen-bond donors (Lipinski definition) is 2. The minimum atomic E-state index is -0.536. The monoisotopic (exact) mass is 579 g/mol. The molecule has 0 radical (unpaired) electrons. The SMILES string of the molecule is COCCN1C(=O)c2ccccc2[C@H](C(=O)NCCCN2CCN(Cc3ccccc3)CC2)[C@@H]1c1c[nH]c2ccccc12. The molecule has 0 aliphatic carbocycles. The average molecular weight is 580 g/mol. The summed E-state index contributed by atoms with van der Waals surface area (Å²) in [4.78, 5) is 38.1. The first kappa shape index (κ1) is 29.1. The third-order valence-electron chi connectivity index (χ3n) is 8.86. The van der Waals surface area contributed by atoms with Gasteiger partial charge in [0.2, 0.25) is 5.91 Å². The molecule has 1 aromatic heterocycles. The Labute approximate surface area is 253 Å². The van der Waals surface area contributed by atoms with E-state index in [1.807, 2.05) is 53.6 Å².